The van der Waals surface area contributed by atoms with Crippen LogP contribution in [0.1, 0.15) is 93.8 Å². The number of halogens is 6. The summed E-state index contributed by atoms with van der Waals surface area (Å²) in [5, 5.41) is 89.5. The molecule has 0 spiro atoms. The number of ketones is 4. The third-order valence-corrected chi connectivity index (χ3v) is 16.0. The van der Waals surface area contributed by atoms with Gasteiger partial charge in [-0.05, 0) is 148 Å². The lowest BCUT2D eigenvalue weighted by atomic mass is 9.95. The maximum absolute atomic E-state index is 13.9. The number of anilines is 2. The van der Waals surface area contributed by atoms with E-state index in [2.05, 4.69) is 0 Å². The van der Waals surface area contributed by atoms with Crippen LogP contribution >= 0.6 is 136 Å². The Morgan fingerprint density at radius 2 is 0.710 bits per heavy atom. The number of aliphatic hydroxyl groups excluding tert-OH is 9. The monoisotopic (exact) mass is 1550 g/mol. The largest absolute Gasteiger partial charge is 0.396 e. The maximum Gasteiger partial charge on any atom is 0.224 e. The highest BCUT2D eigenvalue weighted by atomic mass is 127. The zero-order chi connectivity index (χ0) is 47.3. The molecule has 0 fully saturated rings. The predicted molar refractivity (Wildman–Crippen MR) is 278 cm³/mol. The van der Waals surface area contributed by atoms with Crippen molar-refractivity contribution in [3.05, 3.63) is 43.7 Å². The average molecular weight is 1550 g/mol. The van der Waals surface area contributed by atoms with E-state index < -0.39 is 118 Å². The van der Waals surface area contributed by atoms with Crippen molar-refractivity contribution in [2.75, 3.05) is 62.5 Å². The van der Waals surface area contributed by atoms with E-state index in [1.807, 2.05) is 136 Å². The van der Waals surface area contributed by atoms with Crippen molar-refractivity contribution in [1.82, 2.24) is 0 Å². The predicted octanol–water partition coefficient (Wildman–Crippen LogP) is 3.06. The van der Waals surface area contributed by atoms with Crippen molar-refractivity contribution in [2.24, 2.45) is 11.8 Å². The van der Waals surface area contributed by atoms with Crippen LogP contribution in [0, 0.1) is 33.3 Å². The lowest BCUT2D eigenvalue weighted by Gasteiger charge is -2.32. The molecule has 0 saturated carbocycles. The highest BCUT2D eigenvalue weighted by Crippen LogP contribution is 2.42. The Kier molecular flexibility index (Phi) is 26.1. The van der Waals surface area contributed by atoms with Crippen LogP contribution in [0.4, 0.5) is 11.4 Å². The molecule has 23 heteroatoms. The second-order valence-corrected chi connectivity index (χ2v) is 20.8. The quantitative estimate of drug-likeness (QED) is 0.0484. The van der Waals surface area contributed by atoms with Gasteiger partial charge in [0.1, 0.15) is 0 Å². The number of carbonyl (C=O) groups is 6. The average Bonchev–Trinajstić information content (AvgIpc) is 3.21. The molecule has 0 radical (unpaired) electrons. The van der Waals surface area contributed by atoms with Gasteiger partial charge in [-0.15, -0.1) is 0 Å². The lowest BCUT2D eigenvalue weighted by molar-refractivity contribution is -0.117. The maximum atomic E-state index is 13.9. The summed E-state index contributed by atoms with van der Waals surface area (Å²) in [6.07, 6.45) is -5.38. The SMILES string of the molecule is CC(=O)N(CC(O)CN(C(C)=O)c1c(I)c(C(=O)CCC(O)CO)c(I)c(C(=O)CC(CO)CO)c1I)c1c(I)c(C(=O)CCC(O)CO)c(I)c(C(=O)CC(CO)CO)c1I. The number of benzene rings is 2. The van der Waals surface area contributed by atoms with Crippen LogP contribution in [-0.4, -0.2) is 152 Å². The van der Waals surface area contributed by atoms with Crippen LogP contribution in [0.5, 0.6) is 0 Å². The summed E-state index contributed by atoms with van der Waals surface area (Å²) in [7, 11) is 0. The standard InChI is InChI=1S/C39H48I6N2O15/c1-17(54)46(38-34(42)28(24(59)5-3-21(56)15-52)32(40)30(36(38)44)26(61)7-19(11-48)12-49)9-23(58)10-47(18(2)55)39-35(43)29(25(60)6-4-22(57)16-53)33(41)31(37(39)45)27(62)8-20(13-50)14-51/h19-23,48-53,56-58H,3-16H2,1-2H3. The summed E-state index contributed by atoms with van der Waals surface area (Å²) in [5.41, 5.74) is 0.216. The first-order valence-corrected chi connectivity index (χ1v) is 25.3. The molecule has 2 unspecified atom stereocenters. The smallest absolute Gasteiger partial charge is 0.224 e. The Morgan fingerprint density at radius 3 is 0.952 bits per heavy atom. The Hall–Kier alpha value is 0.0800. The summed E-state index contributed by atoms with van der Waals surface area (Å²) in [5.74, 6) is -5.13. The summed E-state index contributed by atoms with van der Waals surface area (Å²) in [4.78, 5) is 84.8. The summed E-state index contributed by atoms with van der Waals surface area (Å²) >= 11 is 11.1. The first kappa shape index (κ1) is 58.2. The fourth-order valence-electron chi connectivity index (χ4n) is 6.12. The summed E-state index contributed by atoms with van der Waals surface area (Å²) in [6, 6.07) is 0. The summed E-state index contributed by atoms with van der Waals surface area (Å²) < 4.78 is 1.26. The number of rotatable bonds is 26. The van der Waals surface area contributed by atoms with Crippen LogP contribution in [0.15, 0.2) is 0 Å². The van der Waals surface area contributed by atoms with Gasteiger partial charge in [0, 0.05) is 121 Å². The molecule has 9 N–H and O–H groups in total. The first-order chi connectivity index (χ1) is 29.1. The van der Waals surface area contributed by atoms with Gasteiger partial charge in [-0.2, -0.15) is 0 Å². The molecule has 17 nitrogen and oxygen atoms in total. The van der Waals surface area contributed by atoms with Gasteiger partial charge in [-0.25, -0.2) is 0 Å². The van der Waals surface area contributed by atoms with Gasteiger partial charge in [-0.1, -0.05) is 0 Å². The van der Waals surface area contributed by atoms with Gasteiger partial charge in [0.05, 0.1) is 56.0 Å². The van der Waals surface area contributed by atoms with Crippen LogP contribution in [-0.2, 0) is 9.59 Å². The van der Waals surface area contributed by atoms with E-state index in [1.165, 1.54) is 13.8 Å². The van der Waals surface area contributed by atoms with Crippen LogP contribution in [0.25, 0.3) is 0 Å². The van der Waals surface area contributed by atoms with E-state index in [9.17, 15) is 74.7 Å². The lowest BCUT2D eigenvalue weighted by Crippen LogP contribution is -2.45. The fraction of sp³-hybridized carbons (Fsp3) is 0.538. The molecular formula is C39H48I6N2O15. The normalized spacial score (nSPS) is 13.0. The highest BCUT2D eigenvalue weighted by molar-refractivity contribution is 14.1. The number of carbonyl (C=O) groups excluding carboxylic acids is 6. The Morgan fingerprint density at radius 1 is 0.435 bits per heavy atom. The van der Waals surface area contributed by atoms with Gasteiger partial charge in [0.2, 0.25) is 11.8 Å². The molecule has 0 aliphatic heterocycles. The van der Waals surface area contributed by atoms with Crippen molar-refractivity contribution in [1.29, 1.82) is 0 Å². The topological polar surface area (TPSA) is 291 Å². The minimum Gasteiger partial charge on any atom is -0.396 e. The zero-order valence-electron chi connectivity index (χ0n) is 33.4. The van der Waals surface area contributed by atoms with Crippen molar-refractivity contribution in [3.8, 4) is 0 Å². The minimum atomic E-state index is -1.57. The highest BCUT2D eigenvalue weighted by Gasteiger charge is 2.35. The van der Waals surface area contributed by atoms with E-state index >= 15 is 0 Å². The van der Waals surface area contributed by atoms with Gasteiger partial charge in [0.25, 0.3) is 0 Å². The molecule has 62 heavy (non-hydrogen) atoms. The molecule has 0 aliphatic rings. The molecule has 2 atom stereocenters. The van der Waals surface area contributed by atoms with E-state index in [1.54, 1.807) is 0 Å². The van der Waals surface area contributed by atoms with E-state index in [-0.39, 0.29) is 93.6 Å². The first-order valence-electron chi connectivity index (χ1n) is 18.9. The fourth-order valence-corrected chi connectivity index (χ4v) is 16.0. The molecule has 0 aliphatic carbocycles. The number of aliphatic hydroxyl groups is 9. The summed E-state index contributed by atoms with van der Waals surface area (Å²) in [6.45, 7) is -1.92. The second-order valence-electron chi connectivity index (χ2n) is 14.3. The van der Waals surface area contributed by atoms with Crippen molar-refractivity contribution in [2.45, 2.75) is 70.7 Å². The van der Waals surface area contributed by atoms with E-state index in [4.69, 9.17) is 0 Å². The van der Waals surface area contributed by atoms with Crippen LogP contribution < -0.4 is 9.80 Å². The van der Waals surface area contributed by atoms with Gasteiger partial charge >= 0.3 is 0 Å². The van der Waals surface area contributed by atoms with Crippen LogP contribution in [0.2, 0.25) is 0 Å². The van der Waals surface area contributed by atoms with Crippen molar-refractivity contribution in [3.63, 3.8) is 0 Å². The van der Waals surface area contributed by atoms with Crippen molar-refractivity contribution < 1.29 is 74.7 Å². The molecule has 0 aromatic heterocycles. The molecule has 2 amide bonds. The third kappa shape index (κ3) is 15.0. The number of amides is 2. The van der Waals surface area contributed by atoms with Gasteiger partial charge in [0.15, 0.2) is 23.1 Å². The molecule has 0 saturated heterocycles. The van der Waals surface area contributed by atoms with Crippen LogP contribution in [0.3, 0.4) is 0 Å². The Labute approximate surface area is 440 Å². The van der Waals surface area contributed by atoms with Crippen molar-refractivity contribution >= 4 is 182 Å². The molecule has 0 heterocycles. The second kappa shape index (κ2) is 27.8. The molecule has 346 valence electrons. The molecule has 2 aromatic rings. The molecule has 0 bridgehead atoms. The van der Waals surface area contributed by atoms with E-state index in [0.29, 0.717) is 0 Å². The molecule has 2 rings (SSSR count). The number of hydrogen-bond acceptors (Lipinski definition) is 15. The minimum absolute atomic E-state index is 0.0132. The van der Waals surface area contributed by atoms with Gasteiger partial charge < -0.3 is 55.8 Å². The Bertz CT molecular complexity index is 1840. The number of Topliss-reactive ketones (excluding diaryl/α,β-unsaturated/α-hetero) is 4. The molecular weight excluding hydrogens is 1500 g/mol. The molecule has 2 aromatic carbocycles. The van der Waals surface area contributed by atoms with E-state index in [0.717, 1.165) is 9.80 Å². The zero-order valence-corrected chi connectivity index (χ0v) is 46.4. The third-order valence-electron chi connectivity index (χ3n) is 9.60. The number of nitrogens with zero attached hydrogens (tertiary/aromatic N) is 2. The Balaban J connectivity index is 2.88. The van der Waals surface area contributed by atoms with Gasteiger partial charge in [-0.3, -0.25) is 28.8 Å². The number of hydrogen-bond donors (Lipinski definition) is 9.